The third-order valence-electron chi connectivity index (χ3n) is 7.81. The molecule has 0 spiro atoms. The van der Waals surface area contributed by atoms with E-state index in [1.807, 2.05) is 0 Å². The van der Waals surface area contributed by atoms with Crippen molar-refractivity contribution >= 4 is 5.96 Å². The SMILES string of the molecule is CCCCCONC1(OCCCCC)N=C(N)N(OCCCCC)C(OCCCCC)(N(CO)OCCCCC)N1OCCCCC. The van der Waals surface area contributed by atoms with Crippen molar-refractivity contribution < 1.29 is 33.9 Å². The minimum Gasteiger partial charge on any atom is -0.379 e. The molecule has 0 fully saturated rings. The average Bonchev–Trinajstić information content (AvgIpc) is 3.07. The van der Waals surface area contributed by atoms with Crippen molar-refractivity contribution in [2.75, 3.05) is 46.4 Å². The van der Waals surface area contributed by atoms with E-state index in [-0.39, 0.29) is 5.96 Å². The van der Waals surface area contributed by atoms with Gasteiger partial charge >= 0.3 is 11.9 Å². The Morgan fingerprint density at radius 1 is 0.638 bits per heavy atom. The van der Waals surface area contributed by atoms with Crippen LogP contribution in [-0.2, 0) is 28.8 Å². The molecule has 4 N–H and O–H groups in total. The molecule has 1 heterocycles. The highest BCUT2D eigenvalue weighted by atomic mass is 16.9. The summed E-state index contributed by atoms with van der Waals surface area (Å²) in [4.78, 5) is 30.3. The fraction of sp³-hybridized carbons (Fsp3) is 0.971. The second-order valence-electron chi connectivity index (χ2n) is 12.2. The minimum atomic E-state index is -1.87. The number of unbranched alkanes of at least 4 members (excludes halogenated alkanes) is 12. The van der Waals surface area contributed by atoms with Crippen molar-refractivity contribution in [3.05, 3.63) is 0 Å². The molecular formula is C34H72N6O7. The fourth-order valence-corrected chi connectivity index (χ4v) is 5.03. The maximum Gasteiger partial charge on any atom is 0.343 e. The van der Waals surface area contributed by atoms with Crippen LogP contribution >= 0.6 is 0 Å². The highest BCUT2D eigenvalue weighted by Crippen LogP contribution is 2.39. The molecule has 0 saturated heterocycles. The van der Waals surface area contributed by atoms with Crippen molar-refractivity contribution in [1.82, 2.24) is 20.7 Å². The molecule has 0 saturated carbocycles. The van der Waals surface area contributed by atoms with Crippen molar-refractivity contribution in [3.8, 4) is 0 Å². The van der Waals surface area contributed by atoms with E-state index in [1.54, 1.807) is 0 Å². The molecule has 13 nitrogen and oxygen atoms in total. The summed E-state index contributed by atoms with van der Waals surface area (Å²) in [5.41, 5.74) is 9.90. The number of ether oxygens (including phenoxy) is 2. The number of aliphatic hydroxyl groups excluding tert-OH is 1. The summed E-state index contributed by atoms with van der Waals surface area (Å²) in [6.45, 7) is 14.3. The van der Waals surface area contributed by atoms with Gasteiger partial charge in [-0.2, -0.15) is 10.1 Å². The number of nitrogens with one attached hydrogen (secondary N) is 1. The van der Waals surface area contributed by atoms with E-state index in [9.17, 15) is 5.11 Å². The van der Waals surface area contributed by atoms with Gasteiger partial charge in [0, 0.05) is 0 Å². The van der Waals surface area contributed by atoms with E-state index < -0.39 is 18.7 Å². The Morgan fingerprint density at radius 3 is 1.64 bits per heavy atom. The molecule has 280 valence electrons. The van der Waals surface area contributed by atoms with Crippen LogP contribution in [0.5, 0.6) is 0 Å². The van der Waals surface area contributed by atoms with Crippen LogP contribution in [-0.4, -0.2) is 84.6 Å². The normalized spacial score (nSPS) is 20.4. The van der Waals surface area contributed by atoms with E-state index >= 15 is 0 Å². The predicted molar refractivity (Wildman–Crippen MR) is 186 cm³/mol. The maximum absolute atomic E-state index is 11.0. The van der Waals surface area contributed by atoms with E-state index in [1.165, 1.54) is 15.2 Å². The largest absolute Gasteiger partial charge is 0.379 e. The molecule has 0 bridgehead atoms. The van der Waals surface area contributed by atoms with Gasteiger partial charge in [-0.15, -0.1) is 5.48 Å². The zero-order valence-electron chi connectivity index (χ0n) is 30.9. The van der Waals surface area contributed by atoms with Crippen LogP contribution in [0.2, 0.25) is 0 Å². The molecule has 1 rings (SSSR count). The molecule has 47 heavy (non-hydrogen) atoms. The predicted octanol–water partition coefficient (Wildman–Crippen LogP) is 6.88. The Bertz CT molecular complexity index is 770. The first-order valence-electron chi connectivity index (χ1n) is 18.9. The minimum absolute atomic E-state index is 0.0267. The van der Waals surface area contributed by atoms with E-state index in [4.69, 9.17) is 39.6 Å². The summed E-state index contributed by atoms with van der Waals surface area (Å²) in [6, 6.07) is 0. The van der Waals surface area contributed by atoms with Crippen molar-refractivity contribution in [3.63, 3.8) is 0 Å². The molecule has 0 aromatic heterocycles. The van der Waals surface area contributed by atoms with Crippen LogP contribution in [0.3, 0.4) is 0 Å². The van der Waals surface area contributed by atoms with E-state index in [0.29, 0.717) is 39.6 Å². The highest BCUT2D eigenvalue weighted by Gasteiger charge is 2.66. The van der Waals surface area contributed by atoms with Gasteiger partial charge in [0.15, 0.2) is 0 Å². The summed E-state index contributed by atoms with van der Waals surface area (Å²) in [5.74, 6) is -3.69. The van der Waals surface area contributed by atoms with Crippen molar-refractivity contribution in [1.29, 1.82) is 0 Å². The summed E-state index contributed by atoms with van der Waals surface area (Å²) in [6.07, 6.45) is 16.7. The standard InChI is InChI=1S/C34H72N6O7/c1-7-13-19-25-42-33(37-44-27-21-15-9-3)36-32(35)39(46-29-23-17-11-5)34(43-26-20-14-8-2,40(33)47-30-24-18-12-6)38(31-41)45-28-22-16-10-4/h37,41H,7-31H2,1-6H3,(H2,35,36). The van der Waals surface area contributed by atoms with Crippen LogP contribution < -0.4 is 11.2 Å². The van der Waals surface area contributed by atoms with Gasteiger partial charge in [-0.1, -0.05) is 129 Å². The second kappa shape index (κ2) is 27.7. The number of rotatable bonds is 33. The molecule has 0 aliphatic carbocycles. The molecule has 0 amide bonds. The van der Waals surface area contributed by atoms with Crippen molar-refractivity contribution in [2.24, 2.45) is 10.7 Å². The first-order valence-corrected chi connectivity index (χ1v) is 18.9. The molecule has 0 aromatic rings. The van der Waals surface area contributed by atoms with Crippen molar-refractivity contribution in [2.45, 2.75) is 169 Å². The van der Waals surface area contributed by atoms with Gasteiger partial charge in [0.2, 0.25) is 5.96 Å². The lowest BCUT2D eigenvalue weighted by Crippen LogP contribution is -2.82. The quantitative estimate of drug-likeness (QED) is 0.0380. The Morgan fingerprint density at radius 2 is 1.11 bits per heavy atom. The van der Waals surface area contributed by atoms with Crippen LogP contribution in [0.4, 0.5) is 0 Å². The number of hydrogen-bond donors (Lipinski definition) is 3. The van der Waals surface area contributed by atoms with Gasteiger partial charge in [0.1, 0.15) is 6.73 Å². The maximum atomic E-state index is 11.0. The van der Waals surface area contributed by atoms with Crippen LogP contribution in [0, 0.1) is 0 Å². The van der Waals surface area contributed by atoms with Gasteiger partial charge in [-0.3, -0.25) is 19.4 Å². The summed E-state index contributed by atoms with van der Waals surface area (Å²) in [7, 11) is 0. The van der Waals surface area contributed by atoms with E-state index in [2.05, 4.69) is 47.0 Å². The number of hydroxylamine groups is 7. The summed E-state index contributed by atoms with van der Waals surface area (Å²) in [5, 5.41) is 15.2. The van der Waals surface area contributed by atoms with Crippen LogP contribution in [0.15, 0.2) is 4.99 Å². The summed E-state index contributed by atoms with van der Waals surface area (Å²) < 4.78 is 13.4. The van der Waals surface area contributed by atoms with Gasteiger partial charge in [-0.25, -0.2) is 0 Å². The molecule has 0 aromatic carbocycles. The van der Waals surface area contributed by atoms with Crippen LogP contribution in [0.1, 0.15) is 157 Å². The third-order valence-corrected chi connectivity index (χ3v) is 7.81. The Kier molecular flexibility index (Phi) is 25.8. The van der Waals surface area contributed by atoms with Gasteiger partial charge in [0.25, 0.3) is 0 Å². The number of aliphatic imine (C=N–C) groups is 1. The number of nitrogens with two attached hydrogens (primary N) is 1. The monoisotopic (exact) mass is 677 g/mol. The number of nitrogens with zero attached hydrogens (tertiary/aromatic N) is 4. The van der Waals surface area contributed by atoms with Gasteiger partial charge < -0.3 is 20.3 Å². The Balaban J connectivity index is 3.89. The highest BCUT2D eigenvalue weighted by molar-refractivity contribution is 5.78. The molecule has 2 atom stereocenters. The lowest BCUT2D eigenvalue weighted by Gasteiger charge is -2.57. The fourth-order valence-electron chi connectivity index (χ4n) is 5.03. The summed E-state index contributed by atoms with van der Waals surface area (Å²) >= 11 is 0. The molecule has 1 aliphatic rings. The van der Waals surface area contributed by atoms with Gasteiger partial charge in [0.05, 0.1) is 39.6 Å². The average molecular weight is 677 g/mol. The molecule has 13 heteroatoms. The molecule has 2 unspecified atom stereocenters. The lowest BCUT2D eigenvalue weighted by atomic mass is 10.2. The second-order valence-corrected chi connectivity index (χ2v) is 12.2. The Labute approximate surface area is 286 Å². The lowest BCUT2D eigenvalue weighted by molar-refractivity contribution is -0.555. The topological polar surface area (TPSA) is 136 Å². The number of aliphatic hydroxyl groups is 1. The first-order chi connectivity index (χ1) is 23.0. The van der Waals surface area contributed by atoms with Gasteiger partial charge in [-0.05, 0) is 38.5 Å². The van der Waals surface area contributed by atoms with E-state index in [0.717, 1.165) is 116 Å². The Hall–Kier alpha value is -1.13. The smallest absolute Gasteiger partial charge is 0.343 e. The molecule has 0 radical (unpaired) electrons. The number of guanidine groups is 1. The molecular weight excluding hydrogens is 604 g/mol. The first kappa shape index (κ1) is 43.9. The number of hydrogen-bond acceptors (Lipinski definition) is 13. The zero-order chi connectivity index (χ0) is 34.6. The molecule has 1 aliphatic heterocycles. The van der Waals surface area contributed by atoms with Crippen LogP contribution in [0.25, 0.3) is 0 Å². The third kappa shape index (κ3) is 15.1. The zero-order valence-corrected chi connectivity index (χ0v) is 30.9.